The molecule has 2 fully saturated rings. The molecule has 0 saturated carbocycles. The van der Waals surface area contributed by atoms with E-state index in [9.17, 15) is 4.79 Å². The number of carbonyl (C=O) groups is 1. The van der Waals surface area contributed by atoms with Crippen LogP contribution in [-0.4, -0.2) is 63.6 Å². The smallest absolute Gasteiger partial charge is 0.254 e. The molecule has 128 valence electrons. The number of ether oxygens (including phenoxy) is 2. The minimum atomic E-state index is -0.409. The average molecular weight is 348 g/mol. The number of nitrogens with zero attached hydrogens (tertiary/aromatic N) is 4. The molecule has 7 nitrogen and oxygen atoms in total. The molecule has 0 radical (unpaired) electrons. The van der Waals surface area contributed by atoms with Gasteiger partial charge in [-0.25, -0.2) is 4.98 Å². The number of aromatic nitrogens is 3. The molecular formula is C16H20N4O3S. The van der Waals surface area contributed by atoms with Gasteiger partial charge in [0.25, 0.3) is 5.91 Å². The first-order valence-electron chi connectivity index (χ1n) is 8.14. The number of hydrogen-bond acceptors (Lipinski definition) is 6. The Bertz CT molecular complexity index is 676. The molecule has 0 unspecified atom stereocenters. The summed E-state index contributed by atoms with van der Waals surface area (Å²) in [6.07, 6.45) is 5.13. The van der Waals surface area contributed by atoms with E-state index in [2.05, 4.69) is 10.1 Å². The molecule has 0 N–H and O–H groups in total. The topological polar surface area (TPSA) is 69.5 Å². The summed E-state index contributed by atoms with van der Waals surface area (Å²) in [5.74, 6) is 0.0597. The Hall–Kier alpha value is -1.77. The predicted octanol–water partition coefficient (Wildman–Crippen LogP) is 1.43. The Labute approximate surface area is 144 Å². The lowest BCUT2D eigenvalue weighted by Crippen LogP contribution is -2.46. The second-order valence-corrected chi connectivity index (χ2v) is 7.15. The summed E-state index contributed by atoms with van der Waals surface area (Å²) in [7, 11) is 0. The van der Waals surface area contributed by atoms with Gasteiger partial charge < -0.3 is 14.4 Å². The zero-order chi connectivity index (χ0) is 16.4. The number of thiophene rings is 1. The molecule has 0 aromatic carbocycles. The van der Waals surface area contributed by atoms with Gasteiger partial charge in [-0.2, -0.15) is 16.4 Å². The van der Waals surface area contributed by atoms with Crippen molar-refractivity contribution in [1.82, 2.24) is 19.7 Å². The Morgan fingerprint density at radius 3 is 3.25 bits per heavy atom. The van der Waals surface area contributed by atoms with Gasteiger partial charge in [-0.3, -0.25) is 9.48 Å². The van der Waals surface area contributed by atoms with Crippen molar-refractivity contribution in [2.24, 2.45) is 0 Å². The number of rotatable bonds is 3. The summed E-state index contributed by atoms with van der Waals surface area (Å²) in [5.41, 5.74) is 0.335. The van der Waals surface area contributed by atoms with Crippen LogP contribution in [0.5, 0.6) is 0 Å². The predicted molar refractivity (Wildman–Crippen MR) is 87.9 cm³/mol. The fourth-order valence-electron chi connectivity index (χ4n) is 3.43. The first-order valence-corrected chi connectivity index (χ1v) is 9.08. The van der Waals surface area contributed by atoms with Gasteiger partial charge in [0.2, 0.25) is 0 Å². The first-order chi connectivity index (χ1) is 11.7. The maximum atomic E-state index is 12.7. The van der Waals surface area contributed by atoms with Gasteiger partial charge >= 0.3 is 0 Å². The van der Waals surface area contributed by atoms with Gasteiger partial charge in [0.1, 0.15) is 18.3 Å². The summed E-state index contributed by atoms with van der Waals surface area (Å²) < 4.78 is 13.9. The van der Waals surface area contributed by atoms with Crippen LogP contribution >= 0.6 is 11.3 Å². The minimum absolute atomic E-state index is 0.0597. The molecule has 2 aliphatic heterocycles. The molecule has 2 aliphatic rings. The summed E-state index contributed by atoms with van der Waals surface area (Å²) >= 11 is 1.54. The largest absolute Gasteiger partial charge is 0.377 e. The molecule has 24 heavy (non-hydrogen) atoms. The molecule has 2 aromatic rings. The monoisotopic (exact) mass is 348 g/mol. The molecule has 2 aromatic heterocycles. The molecule has 1 amide bonds. The van der Waals surface area contributed by atoms with Crippen LogP contribution in [0.3, 0.4) is 0 Å². The molecule has 2 saturated heterocycles. The number of carbonyl (C=O) groups excluding carboxylic acids is 1. The van der Waals surface area contributed by atoms with Crippen LogP contribution in [0.15, 0.2) is 29.5 Å². The lowest BCUT2D eigenvalue weighted by molar-refractivity contribution is -0.0881. The lowest BCUT2D eigenvalue weighted by Gasteiger charge is -2.31. The first kappa shape index (κ1) is 15.7. The highest BCUT2D eigenvalue weighted by Crippen LogP contribution is 2.34. The van der Waals surface area contributed by atoms with E-state index in [1.165, 1.54) is 17.7 Å². The average Bonchev–Trinajstić information content (AvgIpc) is 3.30. The third-order valence-corrected chi connectivity index (χ3v) is 5.28. The quantitative estimate of drug-likeness (QED) is 0.839. The Morgan fingerprint density at radius 2 is 2.46 bits per heavy atom. The maximum absolute atomic E-state index is 12.7. The van der Waals surface area contributed by atoms with E-state index in [0.717, 1.165) is 18.4 Å². The van der Waals surface area contributed by atoms with Crippen molar-refractivity contribution < 1.29 is 14.3 Å². The van der Waals surface area contributed by atoms with E-state index in [4.69, 9.17) is 9.47 Å². The molecule has 4 rings (SSSR count). The zero-order valence-corrected chi connectivity index (χ0v) is 14.2. The fraction of sp³-hybridized carbons (Fsp3) is 0.562. The van der Waals surface area contributed by atoms with Crippen LogP contribution in [0.4, 0.5) is 0 Å². The second-order valence-electron chi connectivity index (χ2n) is 6.37. The van der Waals surface area contributed by atoms with Crippen molar-refractivity contribution in [2.75, 3.05) is 26.3 Å². The van der Waals surface area contributed by atoms with Crippen LogP contribution in [-0.2, 0) is 16.0 Å². The Kier molecular flexibility index (Phi) is 4.34. The molecule has 1 spiro atoms. The SMILES string of the molecule is O=C(c1ccsc1)N1CCOC[C@]2(CC[C@H](Cn3cncn3)O2)C1. The minimum Gasteiger partial charge on any atom is -0.377 e. The molecule has 0 bridgehead atoms. The van der Waals surface area contributed by atoms with Crippen molar-refractivity contribution in [3.63, 3.8) is 0 Å². The summed E-state index contributed by atoms with van der Waals surface area (Å²) in [6, 6.07) is 1.87. The van der Waals surface area contributed by atoms with Crippen LogP contribution in [0.2, 0.25) is 0 Å². The molecular weight excluding hydrogens is 328 g/mol. The third-order valence-electron chi connectivity index (χ3n) is 4.60. The maximum Gasteiger partial charge on any atom is 0.254 e. The van der Waals surface area contributed by atoms with Gasteiger partial charge in [0.15, 0.2) is 0 Å². The lowest BCUT2D eigenvalue weighted by atomic mass is 10.00. The standard InChI is InChI=1S/C16H20N4O3S/c21-15(13-2-6-24-8-13)19-4-5-22-10-16(9-19)3-1-14(23-16)7-20-12-17-11-18-20/h2,6,8,11-12,14H,1,3-5,7,9-10H2/t14-,16+/m1/s1. The highest BCUT2D eigenvalue weighted by atomic mass is 32.1. The van der Waals surface area contributed by atoms with Gasteiger partial charge in [-0.1, -0.05) is 0 Å². The van der Waals surface area contributed by atoms with Crippen LogP contribution < -0.4 is 0 Å². The van der Waals surface area contributed by atoms with E-state index in [0.29, 0.717) is 32.8 Å². The second kappa shape index (κ2) is 6.62. The van der Waals surface area contributed by atoms with Crippen molar-refractivity contribution >= 4 is 17.2 Å². The molecule has 2 atom stereocenters. The Morgan fingerprint density at radius 1 is 1.50 bits per heavy atom. The third kappa shape index (κ3) is 3.22. The summed E-state index contributed by atoms with van der Waals surface area (Å²) in [6.45, 7) is 2.95. The van der Waals surface area contributed by atoms with E-state index >= 15 is 0 Å². The van der Waals surface area contributed by atoms with Crippen molar-refractivity contribution in [3.05, 3.63) is 35.0 Å². The number of amides is 1. The zero-order valence-electron chi connectivity index (χ0n) is 13.3. The van der Waals surface area contributed by atoms with E-state index in [1.54, 1.807) is 11.0 Å². The highest BCUT2D eigenvalue weighted by Gasteiger charge is 2.44. The van der Waals surface area contributed by atoms with Gasteiger partial charge in [0.05, 0.1) is 38.0 Å². The summed E-state index contributed by atoms with van der Waals surface area (Å²) in [4.78, 5) is 18.5. The fourth-order valence-corrected chi connectivity index (χ4v) is 4.06. The van der Waals surface area contributed by atoms with Gasteiger partial charge in [-0.15, -0.1) is 0 Å². The highest BCUT2D eigenvalue weighted by molar-refractivity contribution is 7.08. The van der Waals surface area contributed by atoms with Crippen LogP contribution in [0.25, 0.3) is 0 Å². The molecule has 4 heterocycles. The normalized spacial score (nSPS) is 27.5. The number of hydrogen-bond donors (Lipinski definition) is 0. The van der Waals surface area contributed by atoms with Gasteiger partial charge in [0, 0.05) is 11.9 Å². The van der Waals surface area contributed by atoms with Crippen molar-refractivity contribution in [2.45, 2.75) is 31.1 Å². The van der Waals surface area contributed by atoms with Crippen LogP contribution in [0.1, 0.15) is 23.2 Å². The van der Waals surface area contributed by atoms with Crippen LogP contribution in [0, 0.1) is 0 Å². The van der Waals surface area contributed by atoms with Crippen molar-refractivity contribution in [3.8, 4) is 0 Å². The van der Waals surface area contributed by atoms with E-state index in [-0.39, 0.29) is 12.0 Å². The van der Waals surface area contributed by atoms with E-state index < -0.39 is 5.60 Å². The summed E-state index contributed by atoms with van der Waals surface area (Å²) in [5, 5.41) is 7.96. The molecule has 0 aliphatic carbocycles. The van der Waals surface area contributed by atoms with E-state index in [1.807, 2.05) is 21.7 Å². The molecule has 8 heteroatoms. The van der Waals surface area contributed by atoms with Crippen molar-refractivity contribution in [1.29, 1.82) is 0 Å². The van der Waals surface area contributed by atoms with Gasteiger partial charge in [-0.05, 0) is 24.3 Å². The Balaban J connectivity index is 1.45.